The van der Waals surface area contributed by atoms with Gasteiger partial charge >= 0.3 is 0 Å². The van der Waals surface area contributed by atoms with E-state index in [1.165, 1.54) is 5.56 Å². The highest BCUT2D eigenvalue weighted by molar-refractivity contribution is 5.92. The number of benzene rings is 2. The first-order valence-electron chi connectivity index (χ1n) is 13.1. The number of aromatic nitrogens is 4. The Morgan fingerprint density at radius 2 is 1.86 bits per heavy atom. The Morgan fingerprint density at radius 1 is 1.11 bits per heavy atom. The zero-order chi connectivity index (χ0) is 25.9. The molecule has 1 amide bonds. The van der Waals surface area contributed by atoms with E-state index >= 15 is 0 Å². The van der Waals surface area contributed by atoms with Crippen LogP contribution < -0.4 is 16.4 Å². The molecule has 2 aromatic heterocycles. The Bertz CT molecular complexity index is 1400. The van der Waals surface area contributed by atoms with Gasteiger partial charge in [0.25, 0.3) is 0 Å². The van der Waals surface area contributed by atoms with Crippen molar-refractivity contribution in [3.8, 4) is 11.3 Å². The number of carbonyl (C=O) groups is 1. The van der Waals surface area contributed by atoms with Crippen molar-refractivity contribution in [2.45, 2.75) is 64.5 Å². The topological polar surface area (TPSA) is 111 Å². The van der Waals surface area contributed by atoms with E-state index in [0.29, 0.717) is 30.3 Å². The van der Waals surface area contributed by atoms with Gasteiger partial charge in [-0.3, -0.25) is 9.48 Å². The van der Waals surface area contributed by atoms with Gasteiger partial charge in [-0.25, -0.2) is 9.97 Å². The maximum absolute atomic E-state index is 12.6. The number of amides is 1. The monoisotopic (exact) mass is 497 g/mol. The van der Waals surface area contributed by atoms with Gasteiger partial charge in [0.1, 0.15) is 0 Å². The second-order valence-electron chi connectivity index (χ2n) is 10.1. The first kappa shape index (κ1) is 24.9. The fourth-order valence-electron chi connectivity index (χ4n) is 5.03. The fourth-order valence-corrected chi connectivity index (χ4v) is 5.03. The van der Waals surface area contributed by atoms with Crippen LogP contribution in [0.15, 0.2) is 48.7 Å². The molecule has 1 saturated carbocycles. The van der Waals surface area contributed by atoms with Crippen LogP contribution >= 0.6 is 0 Å². The number of fused-ring (bicyclic) bond motifs is 1. The summed E-state index contributed by atoms with van der Waals surface area (Å²) >= 11 is 0. The Kier molecular flexibility index (Phi) is 7.19. The molecule has 2 aromatic carbocycles. The minimum atomic E-state index is -0.0883. The third-order valence-electron chi connectivity index (χ3n) is 7.18. The van der Waals surface area contributed by atoms with Crippen molar-refractivity contribution < 1.29 is 4.79 Å². The van der Waals surface area contributed by atoms with E-state index in [2.05, 4.69) is 39.8 Å². The summed E-state index contributed by atoms with van der Waals surface area (Å²) < 4.78 is 1.80. The summed E-state index contributed by atoms with van der Waals surface area (Å²) in [5.41, 5.74) is 12.2. The van der Waals surface area contributed by atoms with Gasteiger partial charge in [-0.2, -0.15) is 5.10 Å². The quantitative estimate of drug-likeness (QED) is 0.339. The van der Waals surface area contributed by atoms with Crippen molar-refractivity contribution in [1.29, 1.82) is 0 Å². The summed E-state index contributed by atoms with van der Waals surface area (Å²) in [5.74, 6) is 1.12. The molecule has 1 fully saturated rings. The smallest absolute Gasteiger partial charge is 0.229 e. The summed E-state index contributed by atoms with van der Waals surface area (Å²) in [4.78, 5) is 22.1. The molecule has 1 aliphatic carbocycles. The van der Waals surface area contributed by atoms with Crippen molar-refractivity contribution in [3.63, 3.8) is 0 Å². The largest absolute Gasteiger partial charge is 0.351 e. The molecule has 4 aromatic rings. The molecule has 0 spiro atoms. The van der Waals surface area contributed by atoms with Gasteiger partial charge in [-0.05, 0) is 62.3 Å². The van der Waals surface area contributed by atoms with Crippen molar-refractivity contribution in [2.24, 2.45) is 12.8 Å². The number of hydrogen-bond donors (Lipinski definition) is 3. The van der Waals surface area contributed by atoms with Gasteiger partial charge in [-0.15, -0.1) is 0 Å². The lowest BCUT2D eigenvalue weighted by Crippen LogP contribution is -2.33. The number of nitrogens with one attached hydrogen (secondary N) is 2. The van der Waals surface area contributed by atoms with Gasteiger partial charge in [0.05, 0.1) is 17.6 Å². The van der Waals surface area contributed by atoms with Crippen LogP contribution in [0.2, 0.25) is 0 Å². The van der Waals surface area contributed by atoms with Crippen molar-refractivity contribution in [3.05, 3.63) is 65.4 Å². The molecule has 0 saturated heterocycles. The average molecular weight is 498 g/mol. The highest BCUT2D eigenvalue weighted by Crippen LogP contribution is 2.29. The van der Waals surface area contributed by atoms with Gasteiger partial charge in [0.2, 0.25) is 11.9 Å². The van der Waals surface area contributed by atoms with Crippen LogP contribution in [-0.4, -0.2) is 37.7 Å². The van der Waals surface area contributed by atoms with E-state index in [-0.39, 0.29) is 5.91 Å². The minimum absolute atomic E-state index is 0.0883. The number of rotatable bonds is 7. The van der Waals surface area contributed by atoms with Crippen LogP contribution in [0.5, 0.6) is 0 Å². The molecule has 0 bridgehead atoms. The highest BCUT2D eigenvalue weighted by atomic mass is 16.1. The highest BCUT2D eigenvalue weighted by Gasteiger charge is 2.20. The predicted octanol–water partition coefficient (Wildman–Crippen LogP) is 4.76. The van der Waals surface area contributed by atoms with Crippen molar-refractivity contribution in [2.75, 3.05) is 10.6 Å². The maximum atomic E-state index is 12.6. The molecule has 2 heterocycles. The van der Waals surface area contributed by atoms with Gasteiger partial charge < -0.3 is 16.4 Å². The molecule has 0 radical (unpaired) electrons. The van der Waals surface area contributed by atoms with Crippen LogP contribution in [0, 0.1) is 6.92 Å². The molecule has 5 rings (SSSR count). The molecular formula is C29H35N7O. The van der Waals surface area contributed by atoms with Crippen LogP contribution in [-0.2, 0) is 24.7 Å². The standard InChI is InChI=1S/C29H35N7O/c1-4-20-14-21(15-22-17-31-29(34-28(20)22)32-24-11-9-23(30)10-12-24)25-16-26(35-36(25)3)33-27(37)13-19-7-5-18(2)6-8-19/h5-8,14-17,23-24H,4,9-13,30H2,1-3H3,(H,31,32,34)(H,33,35,37). The summed E-state index contributed by atoms with van der Waals surface area (Å²) in [6.07, 6.45) is 7.21. The van der Waals surface area contributed by atoms with Crippen LogP contribution in [0.4, 0.5) is 11.8 Å². The summed E-state index contributed by atoms with van der Waals surface area (Å²) in [6, 6.07) is 14.8. The Labute approximate surface area is 217 Å². The van der Waals surface area contributed by atoms with E-state index in [9.17, 15) is 4.79 Å². The predicted molar refractivity (Wildman–Crippen MR) is 148 cm³/mol. The second kappa shape index (κ2) is 10.7. The van der Waals surface area contributed by atoms with Crippen molar-refractivity contribution in [1.82, 2.24) is 19.7 Å². The number of carbonyl (C=O) groups excluding carboxylic acids is 1. The SMILES string of the molecule is CCc1cc(-c2cc(NC(=O)Cc3ccc(C)cc3)nn2C)cc2cnc(NC3CCC(N)CC3)nc12. The van der Waals surface area contributed by atoms with Gasteiger partial charge in [0.15, 0.2) is 5.82 Å². The lowest BCUT2D eigenvalue weighted by molar-refractivity contribution is -0.115. The van der Waals surface area contributed by atoms with Crippen LogP contribution in [0.1, 0.15) is 49.3 Å². The summed E-state index contributed by atoms with van der Waals surface area (Å²) in [6.45, 7) is 4.17. The lowest BCUT2D eigenvalue weighted by Gasteiger charge is -2.26. The lowest BCUT2D eigenvalue weighted by atomic mass is 9.92. The van der Waals surface area contributed by atoms with E-state index in [1.54, 1.807) is 4.68 Å². The van der Waals surface area contributed by atoms with E-state index < -0.39 is 0 Å². The molecule has 0 atom stereocenters. The van der Waals surface area contributed by atoms with Crippen molar-refractivity contribution >= 4 is 28.6 Å². The van der Waals surface area contributed by atoms with E-state index in [0.717, 1.165) is 65.4 Å². The zero-order valence-corrected chi connectivity index (χ0v) is 21.8. The molecule has 8 heteroatoms. The molecule has 4 N–H and O–H groups in total. The molecule has 0 aliphatic heterocycles. The summed E-state index contributed by atoms with van der Waals surface area (Å²) in [5, 5.41) is 12.0. The van der Waals surface area contributed by atoms with Gasteiger partial charge in [0, 0.05) is 42.3 Å². The van der Waals surface area contributed by atoms with E-state index in [1.807, 2.05) is 50.5 Å². The zero-order valence-electron chi connectivity index (χ0n) is 21.8. The van der Waals surface area contributed by atoms with E-state index in [4.69, 9.17) is 10.7 Å². The molecular weight excluding hydrogens is 462 g/mol. The first-order chi connectivity index (χ1) is 17.9. The number of anilines is 2. The minimum Gasteiger partial charge on any atom is -0.351 e. The third kappa shape index (κ3) is 5.80. The second-order valence-corrected chi connectivity index (χ2v) is 10.1. The Hall–Kier alpha value is -3.78. The summed E-state index contributed by atoms with van der Waals surface area (Å²) in [7, 11) is 1.89. The van der Waals surface area contributed by atoms with Crippen LogP contribution in [0.25, 0.3) is 22.2 Å². The molecule has 37 heavy (non-hydrogen) atoms. The Morgan fingerprint density at radius 3 is 2.59 bits per heavy atom. The maximum Gasteiger partial charge on any atom is 0.229 e. The molecule has 192 valence electrons. The van der Waals surface area contributed by atoms with Gasteiger partial charge in [-0.1, -0.05) is 36.8 Å². The number of nitrogens with two attached hydrogens (primary N) is 1. The first-order valence-corrected chi connectivity index (χ1v) is 13.1. The molecule has 0 unspecified atom stereocenters. The average Bonchev–Trinajstić information content (AvgIpc) is 3.25. The Balaban J connectivity index is 1.35. The number of hydrogen-bond acceptors (Lipinski definition) is 6. The number of nitrogens with zero attached hydrogens (tertiary/aromatic N) is 4. The number of aryl methyl sites for hydroxylation is 3. The normalized spacial score (nSPS) is 17.6. The molecule has 1 aliphatic rings. The molecule has 8 nitrogen and oxygen atoms in total. The fraction of sp³-hybridized carbons (Fsp3) is 0.379. The van der Waals surface area contributed by atoms with Crippen LogP contribution in [0.3, 0.4) is 0 Å². The third-order valence-corrected chi connectivity index (χ3v) is 7.18.